The van der Waals surface area contributed by atoms with Crippen LogP contribution in [0.2, 0.25) is 0 Å². The quantitative estimate of drug-likeness (QED) is 0.668. The monoisotopic (exact) mass is 352 g/mol. The van der Waals surface area contributed by atoms with Gasteiger partial charge in [0, 0.05) is 17.5 Å². The average molecular weight is 352 g/mol. The van der Waals surface area contributed by atoms with Crippen LogP contribution in [-0.2, 0) is 15.0 Å². The largest absolute Gasteiger partial charge is 0.370 e. The van der Waals surface area contributed by atoms with E-state index in [-0.39, 0.29) is 12.8 Å². The van der Waals surface area contributed by atoms with Gasteiger partial charge < -0.3 is 11.5 Å². The number of benzene rings is 2. The second kappa shape index (κ2) is 8.20. The Morgan fingerprint density at radius 2 is 1.23 bits per heavy atom. The predicted octanol–water partition coefficient (Wildman–Crippen LogP) is 1.74. The van der Waals surface area contributed by atoms with Gasteiger partial charge in [-0.2, -0.15) is 0 Å². The number of hydrogen-bond acceptors (Lipinski definition) is 4. The van der Waals surface area contributed by atoms with Crippen LogP contribution in [0.4, 0.5) is 0 Å². The van der Waals surface area contributed by atoms with E-state index in [4.69, 9.17) is 11.5 Å². The summed E-state index contributed by atoms with van der Waals surface area (Å²) in [5.41, 5.74) is 12.0. The molecule has 6 heteroatoms. The number of carbonyl (C=O) groups excluding carboxylic acids is 4. The highest BCUT2D eigenvalue weighted by Gasteiger charge is 2.40. The standard InChI is InChI=1S/C20H20N2O4/c21-18(25)2-1-11-20(19(22)26,16-7-3-14(12-23)4-8-16)17-9-5-15(13-24)6-10-17/h3-10,12-13H,1-2,11H2,(H2,21,25)(H2,22,26). The molecule has 0 aliphatic rings. The first-order valence-corrected chi connectivity index (χ1v) is 8.13. The molecule has 2 amide bonds. The molecule has 2 aromatic carbocycles. The van der Waals surface area contributed by atoms with Crippen LogP contribution in [0.25, 0.3) is 0 Å². The molecule has 0 fully saturated rings. The lowest BCUT2D eigenvalue weighted by molar-refractivity contribution is -0.123. The number of rotatable bonds is 9. The van der Waals surface area contributed by atoms with Crippen molar-refractivity contribution in [3.05, 3.63) is 70.8 Å². The second-order valence-electron chi connectivity index (χ2n) is 6.07. The Kier molecular flexibility index (Phi) is 6.01. The van der Waals surface area contributed by atoms with Crippen LogP contribution in [0.5, 0.6) is 0 Å². The number of carbonyl (C=O) groups is 4. The lowest BCUT2D eigenvalue weighted by Crippen LogP contribution is -2.42. The van der Waals surface area contributed by atoms with Crippen molar-refractivity contribution in [3.63, 3.8) is 0 Å². The number of amides is 2. The molecule has 0 aliphatic carbocycles. The molecule has 0 atom stereocenters. The van der Waals surface area contributed by atoms with Crippen LogP contribution in [-0.4, -0.2) is 24.4 Å². The van der Waals surface area contributed by atoms with Crippen LogP contribution >= 0.6 is 0 Å². The van der Waals surface area contributed by atoms with Crippen molar-refractivity contribution >= 4 is 24.4 Å². The summed E-state index contributed by atoms with van der Waals surface area (Å²) in [6.07, 6.45) is 2.17. The van der Waals surface area contributed by atoms with Crippen molar-refractivity contribution < 1.29 is 19.2 Å². The second-order valence-corrected chi connectivity index (χ2v) is 6.07. The molecule has 0 aromatic heterocycles. The molecular weight excluding hydrogens is 332 g/mol. The Hall–Kier alpha value is -3.28. The minimum atomic E-state index is -1.20. The number of aldehydes is 2. The molecule has 0 saturated heterocycles. The maximum Gasteiger partial charge on any atom is 0.232 e. The van der Waals surface area contributed by atoms with Gasteiger partial charge in [-0.3, -0.25) is 19.2 Å². The fraction of sp³-hybridized carbons (Fsp3) is 0.200. The molecule has 0 radical (unpaired) electrons. The van der Waals surface area contributed by atoms with E-state index in [1.165, 1.54) is 0 Å². The predicted molar refractivity (Wildman–Crippen MR) is 96.7 cm³/mol. The Bertz CT molecular complexity index is 759. The highest BCUT2D eigenvalue weighted by molar-refractivity contribution is 5.91. The van der Waals surface area contributed by atoms with Gasteiger partial charge in [-0.15, -0.1) is 0 Å². The molecule has 134 valence electrons. The van der Waals surface area contributed by atoms with E-state index >= 15 is 0 Å². The van der Waals surface area contributed by atoms with Gasteiger partial charge in [-0.05, 0) is 24.0 Å². The van der Waals surface area contributed by atoms with Crippen LogP contribution in [0.15, 0.2) is 48.5 Å². The maximum atomic E-state index is 12.6. The summed E-state index contributed by atoms with van der Waals surface area (Å²) in [7, 11) is 0. The Balaban J connectivity index is 2.58. The smallest absolute Gasteiger partial charge is 0.232 e. The fourth-order valence-corrected chi connectivity index (χ4v) is 3.08. The van der Waals surface area contributed by atoms with E-state index in [1.54, 1.807) is 48.5 Å². The lowest BCUT2D eigenvalue weighted by atomic mass is 9.70. The first kappa shape index (κ1) is 19.1. The van der Waals surface area contributed by atoms with Crippen LogP contribution < -0.4 is 11.5 Å². The molecule has 2 rings (SSSR count). The normalized spacial score (nSPS) is 10.9. The molecule has 0 saturated carbocycles. The third-order valence-corrected chi connectivity index (χ3v) is 4.47. The van der Waals surface area contributed by atoms with Gasteiger partial charge >= 0.3 is 0 Å². The third kappa shape index (κ3) is 3.85. The Morgan fingerprint density at radius 1 is 0.808 bits per heavy atom. The summed E-state index contributed by atoms with van der Waals surface area (Å²) in [6.45, 7) is 0. The van der Waals surface area contributed by atoms with Gasteiger partial charge in [0.2, 0.25) is 11.8 Å². The van der Waals surface area contributed by atoms with Gasteiger partial charge in [-0.1, -0.05) is 48.5 Å². The zero-order chi connectivity index (χ0) is 19.2. The Morgan fingerprint density at radius 3 is 1.54 bits per heavy atom. The van der Waals surface area contributed by atoms with Gasteiger partial charge in [-0.25, -0.2) is 0 Å². The summed E-state index contributed by atoms with van der Waals surface area (Å²) in [6, 6.07) is 13.1. The van der Waals surface area contributed by atoms with Gasteiger partial charge in [0.15, 0.2) is 0 Å². The molecule has 0 bridgehead atoms. The minimum absolute atomic E-state index is 0.119. The zero-order valence-corrected chi connectivity index (χ0v) is 14.2. The van der Waals surface area contributed by atoms with Crippen molar-refractivity contribution in [2.24, 2.45) is 11.5 Å². The molecule has 0 heterocycles. The van der Waals surface area contributed by atoms with Crippen LogP contribution in [0.3, 0.4) is 0 Å². The van der Waals surface area contributed by atoms with E-state index < -0.39 is 17.2 Å². The molecule has 0 unspecified atom stereocenters. The maximum absolute atomic E-state index is 12.6. The van der Waals surface area contributed by atoms with E-state index in [9.17, 15) is 19.2 Å². The highest BCUT2D eigenvalue weighted by Crippen LogP contribution is 2.37. The average Bonchev–Trinajstić information content (AvgIpc) is 2.65. The molecule has 4 N–H and O–H groups in total. The number of nitrogens with two attached hydrogens (primary N) is 2. The first-order chi connectivity index (χ1) is 12.4. The highest BCUT2D eigenvalue weighted by atomic mass is 16.1. The summed E-state index contributed by atoms with van der Waals surface area (Å²) in [5.74, 6) is -1.05. The van der Waals surface area contributed by atoms with Gasteiger partial charge in [0.1, 0.15) is 12.6 Å². The zero-order valence-electron chi connectivity index (χ0n) is 14.2. The van der Waals surface area contributed by atoms with Gasteiger partial charge in [0.25, 0.3) is 0 Å². The van der Waals surface area contributed by atoms with Crippen molar-refractivity contribution in [2.45, 2.75) is 24.7 Å². The van der Waals surface area contributed by atoms with Crippen molar-refractivity contribution in [2.75, 3.05) is 0 Å². The summed E-state index contributed by atoms with van der Waals surface area (Å²) < 4.78 is 0. The molecule has 0 aliphatic heterocycles. The Labute approximate surface area is 151 Å². The summed E-state index contributed by atoms with van der Waals surface area (Å²) in [5, 5.41) is 0. The van der Waals surface area contributed by atoms with Gasteiger partial charge in [0.05, 0.1) is 5.41 Å². The van der Waals surface area contributed by atoms with Crippen LogP contribution in [0, 0.1) is 0 Å². The lowest BCUT2D eigenvalue weighted by Gasteiger charge is -2.32. The summed E-state index contributed by atoms with van der Waals surface area (Å²) >= 11 is 0. The molecule has 26 heavy (non-hydrogen) atoms. The van der Waals surface area contributed by atoms with E-state index in [0.717, 1.165) is 0 Å². The van der Waals surface area contributed by atoms with E-state index in [0.29, 0.717) is 41.2 Å². The van der Waals surface area contributed by atoms with Crippen molar-refractivity contribution in [1.29, 1.82) is 0 Å². The van der Waals surface area contributed by atoms with E-state index in [1.807, 2.05) is 0 Å². The topological polar surface area (TPSA) is 120 Å². The molecule has 0 spiro atoms. The summed E-state index contributed by atoms with van der Waals surface area (Å²) in [4.78, 5) is 45.5. The number of primary amides is 2. The fourth-order valence-electron chi connectivity index (χ4n) is 3.08. The third-order valence-electron chi connectivity index (χ3n) is 4.47. The number of hydrogen-bond donors (Lipinski definition) is 2. The molecule has 6 nitrogen and oxygen atoms in total. The molecule has 2 aromatic rings. The van der Waals surface area contributed by atoms with Crippen molar-refractivity contribution in [1.82, 2.24) is 0 Å². The van der Waals surface area contributed by atoms with Crippen molar-refractivity contribution in [3.8, 4) is 0 Å². The van der Waals surface area contributed by atoms with E-state index in [2.05, 4.69) is 0 Å². The van der Waals surface area contributed by atoms with Crippen LogP contribution in [0.1, 0.15) is 51.1 Å². The first-order valence-electron chi connectivity index (χ1n) is 8.13. The minimum Gasteiger partial charge on any atom is -0.370 e. The SMILES string of the molecule is NC(=O)CCCC(C(N)=O)(c1ccc(C=O)cc1)c1ccc(C=O)cc1. The molecular formula is C20H20N2O4.